The number of hydrogen-bond donors (Lipinski definition) is 1. The van der Waals surface area contributed by atoms with Crippen LogP contribution in [0.1, 0.15) is 6.42 Å². The first-order chi connectivity index (χ1) is 7.09. The molecule has 0 bridgehead atoms. The lowest BCUT2D eigenvalue weighted by atomic mass is 10.0. The fourth-order valence-electron chi connectivity index (χ4n) is 2.04. The van der Waals surface area contributed by atoms with E-state index in [9.17, 15) is 9.59 Å². The zero-order valence-corrected chi connectivity index (χ0v) is 9.19. The summed E-state index contributed by atoms with van der Waals surface area (Å²) in [7, 11) is 3.58. The molecule has 5 heteroatoms. The summed E-state index contributed by atoms with van der Waals surface area (Å²) in [5.74, 6) is 0.0563. The van der Waals surface area contributed by atoms with E-state index in [1.54, 1.807) is 16.8 Å². The molecule has 2 amide bonds. The average molecular weight is 211 g/mol. The lowest BCUT2D eigenvalue weighted by Crippen LogP contribution is -2.58. The van der Waals surface area contributed by atoms with Gasteiger partial charge in [0, 0.05) is 40.2 Å². The molecule has 1 unspecified atom stereocenters. The van der Waals surface area contributed by atoms with E-state index in [2.05, 4.69) is 5.32 Å². The molecule has 0 saturated carbocycles. The van der Waals surface area contributed by atoms with Crippen molar-refractivity contribution in [1.82, 2.24) is 15.1 Å². The summed E-state index contributed by atoms with van der Waals surface area (Å²) in [4.78, 5) is 26.7. The molecule has 0 radical (unpaired) electrons. The minimum atomic E-state index is -0.131. The second-order valence-corrected chi connectivity index (χ2v) is 4.44. The van der Waals surface area contributed by atoms with Gasteiger partial charge in [-0.05, 0) is 0 Å². The second kappa shape index (κ2) is 3.81. The number of carbonyl (C=O) groups is 2. The molecular weight excluding hydrogens is 194 g/mol. The van der Waals surface area contributed by atoms with Crippen LogP contribution in [0.15, 0.2) is 0 Å². The number of hydrogen-bond acceptors (Lipinski definition) is 3. The van der Waals surface area contributed by atoms with Crippen LogP contribution in [-0.2, 0) is 9.59 Å². The molecule has 1 atom stereocenters. The van der Waals surface area contributed by atoms with Crippen molar-refractivity contribution in [2.45, 2.75) is 12.5 Å². The molecule has 2 fully saturated rings. The van der Waals surface area contributed by atoms with Crippen molar-refractivity contribution in [3.8, 4) is 0 Å². The highest BCUT2D eigenvalue weighted by Crippen LogP contribution is 2.19. The van der Waals surface area contributed by atoms with Crippen molar-refractivity contribution < 1.29 is 9.59 Å². The standard InChI is InChI=1S/C10H17N3O2/c1-12-6-7(3-9(12)14)10(15)13(2)8-4-11-5-8/h7-8,11H,3-6H2,1-2H3. The fourth-order valence-corrected chi connectivity index (χ4v) is 2.04. The first-order valence-corrected chi connectivity index (χ1v) is 5.31. The molecule has 0 aromatic carbocycles. The summed E-state index contributed by atoms with van der Waals surface area (Å²) in [5.41, 5.74) is 0. The molecule has 1 N–H and O–H groups in total. The Labute approximate surface area is 89.4 Å². The van der Waals surface area contributed by atoms with Gasteiger partial charge in [-0.2, -0.15) is 0 Å². The van der Waals surface area contributed by atoms with E-state index < -0.39 is 0 Å². The molecule has 0 aromatic rings. The van der Waals surface area contributed by atoms with Crippen LogP contribution < -0.4 is 5.32 Å². The van der Waals surface area contributed by atoms with Gasteiger partial charge in [0.1, 0.15) is 0 Å². The Morgan fingerprint density at radius 3 is 2.60 bits per heavy atom. The van der Waals surface area contributed by atoms with Gasteiger partial charge in [0.25, 0.3) is 0 Å². The van der Waals surface area contributed by atoms with E-state index >= 15 is 0 Å². The van der Waals surface area contributed by atoms with Gasteiger partial charge in [0.2, 0.25) is 11.8 Å². The molecular formula is C10H17N3O2. The third-order valence-corrected chi connectivity index (χ3v) is 3.35. The lowest BCUT2D eigenvalue weighted by molar-refractivity contribution is -0.137. The number of nitrogens with zero attached hydrogens (tertiary/aromatic N) is 2. The molecule has 2 aliphatic rings. The van der Waals surface area contributed by atoms with Crippen molar-refractivity contribution in [3.05, 3.63) is 0 Å². The van der Waals surface area contributed by atoms with Crippen LogP contribution in [0.4, 0.5) is 0 Å². The predicted molar refractivity (Wildman–Crippen MR) is 55.2 cm³/mol. The first kappa shape index (κ1) is 10.4. The zero-order chi connectivity index (χ0) is 11.0. The van der Waals surface area contributed by atoms with Gasteiger partial charge in [-0.25, -0.2) is 0 Å². The van der Waals surface area contributed by atoms with E-state index in [-0.39, 0.29) is 17.7 Å². The van der Waals surface area contributed by atoms with Crippen molar-refractivity contribution in [2.75, 3.05) is 33.7 Å². The molecule has 15 heavy (non-hydrogen) atoms. The molecule has 2 saturated heterocycles. The molecule has 0 aliphatic carbocycles. The van der Waals surface area contributed by atoms with E-state index in [0.29, 0.717) is 19.0 Å². The number of nitrogens with one attached hydrogen (secondary N) is 1. The van der Waals surface area contributed by atoms with Gasteiger partial charge in [0.15, 0.2) is 0 Å². The summed E-state index contributed by atoms with van der Waals surface area (Å²) < 4.78 is 0. The van der Waals surface area contributed by atoms with Gasteiger partial charge in [-0.15, -0.1) is 0 Å². The third kappa shape index (κ3) is 1.84. The topological polar surface area (TPSA) is 52.7 Å². The third-order valence-electron chi connectivity index (χ3n) is 3.35. The summed E-state index contributed by atoms with van der Waals surface area (Å²) in [6.07, 6.45) is 0.375. The summed E-state index contributed by atoms with van der Waals surface area (Å²) >= 11 is 0. The van der Waals surface area contributed by atoms with Gasteiger partial charge >= 0.3 is 0 Å². The van der Waals surface area contributed by atoms with Crippen LogP contribution in [0, 0.1) is 5.92 Å². The maximum absolute atomic E-state index is 12.0. The molecule has 84 valence electrons. The van der Waals surface area contributed by atoms with Crippen LogP contribution in [0.2, 0.25) is 0 Å². The molecule has 0 aromatic heterocycles. The van der Waals surface area contributed by atoms with Gasteiger partial charge < -0.3 is 15.1 Å². The SMILES string of the molecule is CN1CC(C(=O)N(C)C2CNC2)CC1=O. The van der Waals surface area contributed by atoms with Crippen molar-refractivity contribution in [1.29, 1.82) is 0 Å². The van der Waals surface area contributed by atoms with Crippen molar-refractivity contribution in [2.24, 2.45) is 5.92 Å². The van der Waals surface area contributed by atoms with E-state index in [0.717, 1.165) is 13.1 Å². The summed E-state index contributed by atoms with van der Waals surface area (Å²) in [6.45, 7) is 2.32. The van der Waals surface area contributed by atoms with Crippen molar-refractivity contribution >= 4 is 11.8 Å². The van der Waals surface area contributed by atoms with Crippen molar-refractivity contribution in [3.63, 3.8) is 0 Å². The molecule has 0 spiro atoms. The fraction of sp³-hybridized carbons (Fsp3) is 0.800. The normalized spacial score (nSPS) is 26.7. The Morgan fingerprint density at radius 2 is 2.20 bits per heavy atom. The number of rotatable bonds is 2. The van der Waals surface area contributed by atoms with E-state index in [1.807, 2.05) is 7.05 Å². The molecule has 2 rings (SSSR count). The number of carbonyl (C=O) groups excluding carboxylic acids is 2. The largest absolute Gasteiger partial charge is 0.345 e. The zero-order valence-electron chi connectivity index (χ0n) is 9.19. The quantitative estimate of drug-likeness (QED) is 0.630. The number of amides is 2. The minimum absolute atomic E-state index is 0.0773. The first-order valence-electron chi connectivity index (χ1n) is 5.31. The Hall–Kier alpha value is -1.10. The van der Waals surface area contributed by atoms with Crippen LogP contribution in [-0.4, -0.2) is 61.4 Å². The minimum Gasteiger partial charge on any atom is -0.345 e. The number of likely N-dealkylation sites (N-methyl/N-ethyl adjacent to an activating group) is 1. The summed E-state index contributed by atoms with van der Waals surface area (Å²) in [6, 6.07) is 0.318. The van der Waals surface area contributed by atoms with Crippen LogP contribution in [0.25, 0.3) is 0 Å². The smallest absolute Gasteiger partial charge is 0.228 e. The molecule has 2 aliphatic heterocycles. The Bertz CT molecular complexity index is 288. The Kier molecular flexibility index (Phi) is 2.65. The predicted octanol–water partition coefficient (Wildman–Crippen LogP) is -1.11. The Balaban J connectivity index is 1.93. The highest BCUT2D eigenvalue weighted by molar-refractivity contribution is 5.89. The molecule has 5 nitrogen and oxygen atoms in total. The van der Waals surface area contributed by atoms with Crippen LogP contribution in [0.5, 0.6) is 0 Å². The van der Waals surface area contributed by atoms with E-state index in [4.69, 9.17) is 0 Å². The maximum Gasteiger partial charge on any atom is 0.228 e. The molecule has 2 heterocycles. The summed E-state index contributed by atoms with van der Waals surface area (Å²) in [5, 5.41) is 3.13. The Morgan fingerprint density at radius 1 is 1.53 bits per heavy atom. The van der Waals surface area contributed by atoms with Gasteiger partial charge in [-0.3, -0.25) is 9.59 Å². The van der Waals surface area contributed by atoms with E-state index in [1.165, 1.54) is 0 Å². The maximum atomic E-state index is 12.0. The van der Waals surface area contributed by atoms with Gasteiger partial charge in [0.05, 0.1) is 12.0 Å². The van der Waals surface area contributed by atoms with Gasteiger partial charge in [-0.1, -0.05) is 0 Å². The number of likely N-dealkylation sites (tertiary alicyclic amines) is 1. The van der Waals surface area contributed by atoms with Crippen LogP contribution in [0.3, 0.4) is 0 Å². The lowest BCUT2D eigenvalue weighted by Gasteiger charge is -2.36. The second-order valence-electron chi connectivity index (χ2n) is 4.44. The monoisotopic (exact) mass is 211 g/mol. The highest BCUT2D eigenvalue weighted by Gasteiger charge is 2.36. The van der Waals surface area contributed by atoms with Crippen LogP contribution >= 0.6 is 0 Å². The highest BCUT2D eigenvalue weighted by atomic mass is 16.2. The average Bonchev–Trinajstić information content (AvgIpc) is 2.43.